The van der Waals surface area contributed by atoms with Gasteiger partial charge in [0, 0.05) is 30.2 Å². The SMILES string of the molecule is O=C(O)CN(CC(=O)O)C1CCCC[C@@H]1N(CC(=O)O)Cc1cc2ccccc2cn1.[Mn+2]. The monoisotopic (exact) mass is 484 g/mol. The molecule has 10 heteroatoms. The fourth-order valence-corrected chi connectivity index (χ4v) is 4.47. The zero-order valence-corrected chi connectivity index (χ0v) is 18.7. The Balaban J connectivity index is 0.00000363. The Hall–Kier alpha value is -2.52. The molecule has 0 bridgehead atoms. The standard InChI is InChI=1S/C22H27N3O6.Mn/c26-20(27)12-24(11-17-9-15-5-1-2-6-16(15)10-23-17)18-7-3-4-8-19(18)25(13-21(28)29)14-22(30)31;/h1-2,5-6,9-10,18-19H,3-4,7-8,11-14H2,(H,26,27)(H,28,29)(H,30,31);/q;+2/t18-,19?;/m0./s1. The van der Waals surface area contributed by atoms with Crippen LogP contribution in [0.3, 0.4) is 0 Å². The molecule has 2 atom stereocenters. The number of aromatic nitrogens is 1. The van der Waals surface area contributed by atoms with Crippen LogP contribution in [-0.2, 0) is 38.0 Å². The maximum Gasteiger partial charge on any atom is 2.00 e. The van der Waals surface area contributed by atoms with E-state index < -0.39 is 31.0 Å². The van der Waals surface area contributed by atoms with Gasteiger partial charge in [0.15, 0.2) is 0 Å². The first-order valence-corrected chi connectivity index (χ1v) is 10.3. The maximum atomic E-state index is 11.6. The third-order valence-electron chi connectivity index (χ3n) is 5.70. The van der Waals surface area contributed by atoms with Gasteiger partial charge in [0.2, 0.25) is 0 Å². The molecule has 1 aliphatic rings. The van der Waals surface area contributed by atoms with Gasteiger partial charge in [-0.3, -0.25) is 29.2 Å². The smallest absolute Gasteiger partial charge is 0.480 e. The van der Waals surface area contributed by atoms with Crippen molar-refractivity contribution in [1.82, 2.24) is 14.8 Å². The summed E-state index contributed by atoms with van der Waals surface area (Å²) in [5.74, 6) is -3.20. The van der Waals surface area contributed by atoms with Crippen molar-refractivity contribution in [2.24, 2.45) is 0 Å². The summed E-state index contributed by atoms with van der Waals surface area (Å²) in [7, 11) is 0. The van der Waals surface area contributed by atoms with Crippen molar-refractivity contribution in [3.63, 3.8) is 0 Å². The van der Waals surface area contributed by atoms with Crippen molar-refractivity contribution in [3.05, 3.63) is 42.2 Å². The number of fused-ring (bicyclic) bond motifs is 1. The molecule has 0 spiro atoms. The number of hydrogen-bond acceptors (Lipinski definition) is 6. The summed E-state index contributed by atoms with van der Waals surface area (Å²) in [5.41, 5.74) is 0.715. The third-order valence-corrected chi connectivity index (χ3v) is 5.70. The Bertz CT molecular complexity index is 940. The van der Waals surface area contributed by atoms with Crippen molar-refractivity contribution in [2.75, 3.05) is 19.6 Å². The number of hydrogen-bond donors (Lipinski definition) is 3. The van der Waals surface area contributed by atoms with Gasteiger partial charge in [-0.05, 0) is 24.3 Å². The van der Waals surface area contributed by atoms with E-state index >= 15 is 0 Å². The first kappa shape index (κ1) is 25.7. The molecule has 1 radical (unpaired) electrons. The molecule has 3 N–H and O–H groups in total. The number of rotatable bonds is 10. The Morgan fingerprint density at radius 3 is 1.91 bits per heavy atom. The Morgan fingerprint density at radius 1 is 0.844 bits per heavy atom. The second-order valence-corrected chi connectivity index (χ2v) is 7.93. The summed E-state index contributed by atoms with van der Waals surface area (Å²) in [4.78, 5) is 42.0. The molecule has 0 saturated heterocycles. The molecule has 32 heavy (non-hydrogen) atoms. The zero-order valence-electron chi connectivity index (χ0n) is 17.6. The van der Waals surface area contributed by atoms with E-state index in [0.717, 1.165) is 23.6 Å². The molecule has 3 rings (SSSR count). The number of aliphatic carboxylic acids is 3. The van der Waals surface area contributed by atoms with Crippen LogP contribution in [0.25, 0.3) is 10.8 Å². The molecule has 1 unspecified atom stereocenters. The van der Waals surface area contributed by atoms with Crippen LogP contribution in [0.2, 0.25) is 0 Å². The largest absolute Gasteiger partial charge is 2.00 e. The Labute approximate surface area is 196 Å². The van der Waals surface area contributed by atoms with E-state index in [1.54, 1.807) is 11.1 Å². The molecule has 0 aliphatic heterocycles. The van der Waals surface area contributed by atoms with Crippen molar-refractivity contribution in [1.29, 1.82) is 0 Å². The van der Waals surface area contributed by atoms with Crippen molar-refractivity contribution >= 4 is 28.7 Å². The van der Waals surface area contributed by atoms with Crippen LogP contribution in [-0.4, -0.2) is 79.7 Å². The average Bonchev–Trinajstić information content (AvgIpc) is 2.72. The molecule has 1 fully saturated rings. The van der Waals surface area contributed by atoms with Crippen LogP contribution in [0.5, 0.6) is 0 Å². The Kier molecular flexibility index (Phi) is 9.59. The molecule has 2 aromatic rings. The predicted molar refractivity (Wildman–Crippen MR) is 113 cm³/mol. The van der Waals surface area contributed by atoms with Gasteiger partial charge in [-0.15, -0.1) is 0 Å². The van der Waals surface area contributed by atoms with Gasteiger partial charge in [0.05, 0.1) is 25.3 Å². The summed E-state index contributed by atoms with van der Waals surface area (Å²) >= 11 is 0. The number of nitrogens with zero attached hydrogens (tertiary/aromatic N) is 3. The Morgan fingerprint density at radius 2 is 1.34 bits per heavy atom. The van der Waals surface area contributed by atoms with E-state index in [1.807, 2.05) is 30.3 Å². The minimum Gasteiger partial charge on any atom is -0.480 e. The molecular weight excluding hydrogens is 457 g/mol. The van der Waals surface area contributed by atoms with Crippen LogP contribution >= 0.6 is 0 Å². The van der Waals surface area contributed by atoms with Crippen molar-refractivity contribution < 1.29 is 46.8 Å². The molecule has 9 nitrogen and oxygen atoms in total. The summed E-state index contributed by atoms with van der Waals surface area (Å²) in [6.07, 6.45) is 4.75. The third kappa shape index (κ3) is 7.00. The van der Waals surface area contributed by atoms with Gasteiger partial charge in [-0.2, -0.15) is 0 Å². The van der Waals surface area contributed by atoms with Crippen molar-refractivity contribution in [2.45, 2.75) is 44.3 Å². The van der Waals surface area contributed by atoms with Crippen molar-refractivity contribution in [3.8, 4) is 0 Å². The quantitative estimate of drug-likeness (QED) is 0.433. The van der Waals surface area contributed by atoms with Gasteiger partial charge < -0.3 is 15.3 Å². The van der Waals surface area contributed by atoms with Crippen LogP contribution in [0.15, 0.2) is 36.5 Å². The predicted octanol–water partition coefficient (Wildman–Crippen LogP) is 1.90. The molecular formula is C22H27MnN3O6+2. The minimum absolute atomic E-state index is 0. The minimum atomic E-state index is -1.11. The molecule has 1 aliphatic carbocycles. The van der Waals surface area contributed by atoms with Crippen LogP contribution in [0.1, 0.15) is 31.4 Å². The molecule has 1 aromatic heterocycles. The number of carboxylic acids is 3. The summed E-state index contributed by atoms with van der Waals surface area (Å²) in [6.45, 7) is -0.749. The summed E-state index contributed by atoms with van der Waals surface area (Å²) in [5, 5.41) is 30.1. The van der Waals surface area contributed by atoms with Crippen LogP contribution in [0.4, 0.5) is 0 Å². The maximum absolute atomic E-state index is 11.6. The molecule has 0 amide bonds. The normalized spacial score (nSPS) is 18.4. The van der Waals surface area contributed by atoms with Gasteiger partial charge in [-0.1, -0.05) is 37.1 Å². The first-order valence-electron chi connectivity index (χ1n) is 10.3. The first-order chi connectivity index (χ1) is 14.8. The number of carboxylic acid groups (broad SMARTS) is 3. The second-order valence-electron chi connectivity index (χ2n) is 7.93. The van der Waals surface area contributed by atoms with Gasteiger partial charge in [0.25, 0.3) is 0 Å². The fourth-order valence-electron chi connectivity index (χ4n) is 4.47. The van der Waals surface area contributed by atoms with E-state index in [0.29, 0.717) is 18.5 Å². The van der Waals surface area contributed by atoms with Gasteiger partial charge >= 0.3 is 35.0 Å². The fraction of sp³-hybridized carbons (Fsp3) is 0.455. The molecule has 1 heterocycles. The van der Waals surface area contributed by atoms with E-state index in [4.69, 9.17) is 0 Å². The van der Waals surface area contributed by atoms with Gasteiger partial charge in [-0.25, -0.2) is 0 Å². The van der Waals surface area contributed by atoms with E-state index in [9.17, 15) is 29.7 Å². The number of pyridine rings is 1. The van der Waals surface area contributed by atoms with E-state index in [1.165, 1.54) is 4.90 Å². The van der Waals surface area contributed by atoms with E-state index in [-0.39, 0.29) is 42.2 Å². The molecule has 1 saturated carbocycles. The van der Waals surface area contributed by atoms with E-state index in [2.05, 4.69) is 4.98 Å². The summed E-state index contributed by atoms with van der Waals surface area (Å²) < 4.78 is 0. The molecule has 171 valence electrons. The topological polar surface area (TPSA) is 131 Å². The van der Waals surface area contributed by atoms with Gasteiger partial charge in [0.1, 0.15) is 0 Å². The van der Waals surface area contributed by atoms with Crippen LogP contribution < -0.4 is 0 Å². The summed E-state index contributed by atoms with van der Waals surface area (Å²) in [6, 6.07) is 9.05. The number of carbonyl (C=O) groups is 3. The average molecular weight is 484 g/mol. The zero-order chi connectivity index (χ0) is 22.4. The molecule has 1 aromatic carbocycles. The number of benzene rings is 1. The van der Waals surface area contributed by atoms with Crippen LogP contribution in [0, 0.1) is 0 Å². The second kappa shape index (κ2) is 11.9.